The van der Waals surface area contributed by atoms with Gasteiger partial charge in [-0.25, -0.2) is 0 Å². The van der Waals surface area contributed by atoms with Crippen LogP contribution in [0.4, 0.5) is 0 Å². The molecule has 0 spiro atoms. The SMILES string of the molecule is CCCC(C)Oc1ccc(C#N)c(Cl)c1. The van der Waals surface area contributed by atoms with Crippen LogP contribution in [0.3, 0.4) is 0 Å². The van der Waals surface area contributed by atoms with Crippen LogP contribution in [0.15, 0.2) is 18.2 Å². The minimum Gasteiger partial charge on any atom is -0.491 e. The van der Waals surface area contributed by atoms with Gasteiger partial charge < -0.3 is 4.74 Å². The van der Waals surface area contributed by atoms with Gasteiger partial charge >= 0.3 is 0 Å². The lowest BCUT2D eigenvalue weighted by Crippen LogP contribution is -2.10. The number of ether oxygens (including phenoxy) is 1. The van der Waals surface area contributed by atoms with Crippen molar-refractivity contribution in [2.24, 2.45) is 0 Å². The lowest BCUT2D eigenvalue weighted by molar-refractivity contribution is 0.210. The summed E-state index contributed by atoms with van der Waals surface area (Å²) in [7, 11) is 0. The van der Waals surface area contributed by atoms with E-state index in [4.69, 9.17) is 21.6 Å². The fourth-order valence-corrected chi connectivity index (χ4v) is 1.57. The quantitative estimate of drug-likeness (QED) is 0.778. The van der Waals surface area contributed by atoms with Crippen molar-refractivity contribution in [2.75, 3.05) is 0 Å². The molecule has 2 nitrogen and oxygen atoms in total. The van der Waals surface area contributed by atoms with Gasteiger partial charge in [0, 0.05) is 6.07 Å². The zero-order valence-corrected chi connectivity index (χ0v) is 9.71. The van der Waals surface area contributed by atoms with Crippen molar-refractivity contribution in [1.82, 2.24) is 0 Å². The highest BCUT2D eigenvalue weighted by Crippen LogP contribution is 2.23. The lowest BCUT2D eigenvalue weighted by atomic mass is 10.2. The summed E-state index contributed by atoms with van der Waals surface area (Å²) in [5, 5.41) is 9.14. The molecule has 0 aromatic heterocycles. The molecular weight excluding hydrogens is 210 g/mol. The molecule has 0 radical (unpaired) electrons. The van der Waals surface area contributed by atoms with Gasteiger partial charge in [-0.1, -0.05) is 24.9 Å². The summed E-state index contributed by atoms with van der Waals surface area (Å²) in [5.74, 6) is 0.722. The van der Waals surface area contributed by atoms with Crippen LogP contribution in [0.5, 0.6) is 5.75 Å². The first-order valence-electron chi connectivity index (χ1n) is 5.03. The Labute approximate surface area is 95.4 Å². The second-order valence-electron chi connectivity index (χ2n) is 3.47. The van der Waals surface area contributed by atoms with Gasteiger partial charge in [-0.3, -0.25) is 0 Å². The van der Waals surface area contributed by atoms with E-state index in [1.807, 2.05) is 13.0 Å². The first-order valence-corrected chi connectivity index (χ1v) is 5.41. The Morgan fingerprint density at radius 1 is 1.53 bits per heavy atom. The average Bonchev–Trinajstić information content (AvgIpc) is 2.18. The molecule has 0 saturated heterocycles. The van der Waals surface area contributed by atoms with E-state index in [9.17, 15) is 0 Å². The second-order valence-corrected chi connectivity index (χ2v) is 3.88. The predicted molar refractivity (Wildman–Crippen MR) is 61.2 cm³/mol. The Bertz CT molecular complexity index is 370. The molecule has 1 aromatic carbocycles. The molecule has 3 heteroatoms. The molecule has 1 rings (SSSR count). The molecule has 0 aliphatic rings. The van der Waals surface area contributed by atoms with E-state index < -0.39 is 0 Å². The minimum absolute atomic E-state index is 0.180. The second kappa shape index (κ2) is 5.63. The van der Waals surface area contributed by atoms with Crippen molar-refractivity contribution < 1.29 is 4.74 Å². The maximum Gasteiger partial charge on any atom is 0.121 e. The third-order valence-corrected chi connectivity index (χ3v) is 2.41. The van der Waals surface area contributed by atoms with Crippen LogP contribution >= 0.6 is 11.6 Å². The van der Waals surface area contributed by atoms with Crippen molar-refractivity contribution >= 4 is 11.6 Å². The first-order chi connectivity index (χ1) is 7.17. The Morgan fingerprint density at radius 2 is 2.27 bits per heavy atom. The summed E-state index contributed by atoms with van der Waals surface area (Å²) in [6, 6.07) is 7.15. The number of hydrogen-bond donors (Lipinski definition) is 0. The van der Waals surface area contributed by atoms with Crippen LogP contribution in [0.1, 0.15) is 32.3 Å². The number of halogens is 1. The Hall–Kier alpha value is -1.20. The molecule has 0 fully saturated rings. The highest BCUT2D eigenvalue weighted by atomic mass is 35.5. The van der Waals surface area contributed by atoms with Crippen LogP contribution in [0.2, 0.25) is 5.02 Å². The van der Waals surface area contributed by atoms with Crippen LogP contribution in [-0.2, 0) is 0 Å². The fourth-order valence-electron chi connectivity index (χ4n) is 1.36. The first kappa shape index (κ1) is 11.9. The van der Waals surface area contributed by atoms with E-state index in [0.717, 1.165) is 18.6 Å². The van der Waals surface area contributed by atoms with Crippen molar-refractivity contribution in [3.05, 3.63) is 28.8 Å². The highest BCUT2D eigenvalue weighted by molar-refractivity contribution is 6.31. The summed E-state index contributed by atoms with van der Waals surface area (Å²) < 4.78 is 5.64. The van der Waals surface area contributed by atoms with Gasteiger partial charge in [0.15, 0.2) is 0 Å². The zero-order chi connectivity index (χ0) is 11.3. The normalized spacial score (nSPS) is 11.9. The van der Waals surface area contributed by atoms with Gasteiger partial charge in [0.1, 0.15) is 11.8 Å². The zero-order valence-electron chi connectivity index (χ0n) is 8.96. The molecule has 80 valence electrons. The van der Waals surface area contributed by atoms with E-state index in [1.54, 1.807) is 18.2 Å². The van der Waals surface area contributed by atoms with E-state index in [0.29, 0.717) is 10.6 Å². The largest absolute Gasteiger partial charge is 0.491 e. The number of benzene rings is 1. The summed E-state index contributed by atoms with van der Waals surface area (Å²) in [5.41, 5.74) is 0.479. The van der Waals surface area contributed by atoms with Gasteiger partial charge in [0.25, 0.3) is 0 Å². The monoisotopic (exact) mass is 223 g/mol. The maximum absolute atomic E-state index is 8.70. The summed E-state index contributed by atoms with van der Waals surface area (Å²) >= 11 is 5.89. The molecule has 0 heterocycles. The minimum atomic E-state index is 0.180. The molecule has 0 aliphatic carbocycles. The third-order valence-electron chi connectivity index (χ3n) is 2.09. The van der Waals surface area contributed by atoms with Crippen LogP contribution in [0, 0.1) is 11.3 Å². The third kappa shape index (κ3) is 3.45. The summed E-state index contributed by atoms with van der Waals surface area (Å²) in [6.45, 7) is 4.14. The molecule has 1 aromatic rings. The number of nitrogens with zero attached hydrogens (tertiary/aromatic N) is 1. The van der Waals surface area contributed by atoms with E-state index in [-0.39, 0.29) is 6.10 Å². The van der Waals surface area contributed by atoms with Crippen molar-refractivity contribution in [1.29, 1.82) is 5.26 Å². The van der Waals surface area contributed by atoms with E-state index in [1.165, 1.54) is 0 Å². The molecule has 0 aliphatic heterocycles. The van der Waals surface area contributed by atoms with Gasteiger partial charge in [0.05, 0.1) is 16.7 Å². The molecule has 0 N–H and O–H groups in total. The topological polar surface area (TPSA) is 33.0 Å². The molecule has 1 atom stereocenters. The van der Waals surface area contributed by atoms with Crippen LogP contribution < -0.4 is 4.74 Å². The fraction of sp³-hybridized carbons (Fsp3) is 0.417. The number of nitriles is 1. The molecule has 15 heavy (non-hydrogen) atoms. The maximum atomic E-state index is 8.70. The lowest BCUT2D eigenvalue weighted by Gasteiger charge is -2.13. The Kier molecular flexibility index (Phi) is 4.45. The van der Waals surface area contributed by atoms with Crippen LogP contribution in [0.25, 0.3) is 0 Å². The Morgan fingerprint density at radius 3 is 2.80 bits per heavy atom. The molecular formula is C12H14ClNO. The van der Waals surface area contributed by atoms with Crippen molar-refractivity contribution in [3.8, 4) is 11.8 Å². The molecule has 0 bridgehead atoms. The van der Waals surface area contributed by atoms with E-state index in [2.05, 4.69) is 6.92 Å². The summed E-state index contributed by atoms with van der Waals surface area (Å²) in [6.07, 6.45) is 2.28. The smallest absolute Gasteiger partial charge is 0.121 e. The van der Waals surface area contributed by atoms with E-state index >= 15 is 0 Å². The number of rotatable bonds is 4. The van der Waals surface area contributed by atoms with Crippen LogP contribution in [-0.4, -0.2) is 6.10 Å². The molecule has 1 unspecified atom stereocenters. The molecule has 0 saturated carbocycles. The Balaban J connectivity index is 2.72. The van der Waals surface area contributed by atoms with Crippen molar-refractivity contribution in [2.45, 2.75) is 32.8 Å². The highest BCUT2D eigenvalue weighted by Gasteiger charge is 2.05. The standard InChI is InChI=1S/C12H14ClNO/c1-3-4-9(2)15-11-6-5-10(8-14)12(13)7-11/h5-7,9H,3-4H2,1-2H3. The van der Waals surface area contributed by atoms with Crippen molar-refractivity contribution in [3.63, 3.8) is 0 Å². The molecule has 0 amide bonds. The summed E-state index contributed by atoms with van der Waals surface area (Å²) in [4.78, 5) is 0. The van der Waals surface area contributed by atoms with Gasteiger partial charge in [-0.2, -0.15) is 5.26 Å². The van der Waals surface area contributed by atoms with Gasteiger partial charge in [0.2, 0.25) is 0 Å². The number of hydrogen-bond acceptors (Lipinski definition) is 2. The van der Waals surface area contributed by atoms with Gasteiger partial charge in [-0.15, -0.1) is 0 Å². The van der Waals surface area contributed by atoms with Gasteiger partial charge in [-0.05, 0) is 25.5 Å². The average molecular weight is 224 g/mol. The predicted octanol–water partition coefficient (Wildman–Crippen LogP) is 3.78.